The molecule has 1 aromatic carbocycles. The smallest absolute Gasteiger partial charge is 0.271 e. The number of nitrogens with one attached hydrogen (secondary N) is 1. The molecule has 6 heteroatoms. The number of halogens is 1. The van der Waals surface area contributed by atoms with Crippen LogP contribution in [0.5, 0.6) is 0 Å². The summed E-state index contributed by atoms with van der Waals surface area (Å²) in [6.45, 7) is 2.98. The van der Waals surface area contributed by atoms with Crippen molar-refractivity contribution < 1.29 is 13.9 Å². The van der Waals surface area contributed by atoms with Crippen LogP contribution >= 0.6 is 0 Å². The number of nitrogens with zero attached hydrogens (tertiary/aromatic N) is 2. The minimum absolute atomic E-state index is 0.0731. The molecule has 0 bridgehead atoms. The van der Waals surface area contributed by atoms with Gasteiger partial charge in [0.15, 0.2) is 0 Å². The number of piperidine rings is 1. The predicted molar refractivity (Wildman–Crippen MR) is 87.0 cm³/mol. The van der Waals surface area contributed by atoms with Crippen molar-refractivity contribution in [3.8, 4) is 11.3 Å². The first-order valence-electron chi connectivity index (χ1n) is 8.34. The number of benzene rings is 1. The van der Waals surface area contributed by atoms with Gasteiger partial charge in [0.1, 0.15) is 11.5 Å². The normalized spacial score (nSPS) is 23.8. The zero-order chi connectivity index (χ0) is 16.6. The molecule has 5 nitrogen and oxygen atoms in total. The highest BCUT2D eigenvalue weighted by Gasteiger charge is 2.40. The first kappa shape index (κ1) is 15.3. The van der Waals surface area contributed by atoms with E-state index in [0.717, 1.165) is 45.6 Å². The van der Waals surface area contributed by atoms with Gasteiger partial charge in [0.05, 0.1) is 12.3 Å². The first-order valence-corrected chi connectivity index (χ1v) is 8.34. The molecule has 1 amide bonds. The van der Waals surface area contributed by atoms with Crippen molar-refractivity contribution in [2.45, 2.75) is 19.3 Å². The quantitative estimate of drug-likeness (QED) is 0.922. The van der Waals surface area contributed by atoms with E-state index in [2.05, 4.69) is 10.2 Å². The molecule has 2 aromatic rings. The number of rotatable bonds is 2. The second kappa shape index (κ2) is 6.02. The van der Waals surface area contributed by atoms with Gasteiger partial charge in [-0.15, -0.1) is 0 Å². The molecule has 2 fully saturated rings. The highest BCUT2D eigenvalue weighted by molar-refractivity contribution is 5.93. The van der Waals surface area contributed by atoms with Gasteiger partial charge < -0.3 is 9.64 Å². The minimum Gasteiger partial charge on any atom is -0.381 e. The van der Waals surface area contributed by atoms with Gasteiger partial charge in [0.2, 0.25) is 0 Å². The van der Waals surface area contributed by atoms with Gasteiger partial charge in [0, 0.05) is 30.7 Å². The molecule has 0 unspecified atom stereocenters. The largest absolute Gasteiger partial charge is 0.381 e. The van der Waals surface area contributed by atoms with Crippen molar-refractivity contribution >= 4 is 5.91 Å². The molecule has 24 heavy (non-hydrogen) atoms. The van der Waals surface area contributed by atoms with E-state index in [9.17, 15) is 9.18 Å². The molecule has 1 N–H and O–H groups in total. The van der Waals surface area contributed by atoms with Crippen LogP contribution < -0.4 is 0 Å². The third kappa shape index (κ3) is 2.71. The van der Waals surface area contributed by atoms with Crippen LogP contribution in [0.3, 0.4) is 0 Å². The second-order valence-electron chi connectivity index (χ2n) is 6.78. The second-order valence-corrected chi connectivity index (χ2v) is 6.78. The van der Waals surface area contributed by atoms with E-state index in [4.69, 9.17) is 4.74 Å². The average Bonchev–Trinajstić information content (AvgIpc) is 3.25. The molecule has 2 aliphatic rings. The summed E-state index contributed by atoms with van der Waals surface area (Å²) in [5, 5.41) is 6.88. The van der Waals surface area contributed by atoms with Crippen LogP contribution in [0.2, 0.25) is 0 Å². The molecule has 0 aliphatic carbocycles. The number of carbonyl (C=O) groups excluding carboxylic acids is 1. The maximum absolute atomic E-state index is 13.9. The zero-order valence-corrected chi connectivity index (χ0v) is 13.4. The van der Waals surface area contributed by atoms with E-state index in [0.29, 0.717) is 17.0 Å². The van der Waals surface area contributed by atoms with Crippen LogP contribution in [-0.4, -0.2) is 47.3 Å². The standard InChI is InChI=1S/C18H20FN3O2/c19-14-5-2-1-4-13(14)15-10-16(21-20-15)17(23)22-8-3-6-18(11-22)7-9-24-12-18/h1-2,4-5,10H,3,6-9,11-12H2,(H,20,21)/t18-/m0/s1. The molecule has 1 spiro atoms. The van der Waals surface area contributed by atoms with E-state index in [1.807, 2.05) is 4.90 Å². The molecular formula is C18H20FN3O2. The van der Waals surface area contributed by atoms with Crippen LogP contribution in [0.25, 0.3) is 11.3 Å². The summed E-state index contributed by atoms with van der Waals surface area (Å²) in [5.41, 5.74) is 1.37. The molecule has 126 valence electrons. The van der Waals surface area contributed by atoms with Crippen molar-refractivity contribution in [3.05, 3.63) is 41.8 Å². The Balaban J connectivity index is 1.54. The molecule has 4 rings (SSSR count). The molecule has 1 aromatic heterocycles. The number of H-pyrrole nitrogens is 1. The Kier molecular flexibility index (Phi) is 3.84. The molecule has 2 aliphatic heterocycles. The SMILES string of the molecule is O=C(c1cc(-c2ccccc2F)n[nH]1)N1CCC[C@]2(CCOC2)C1. The van der Waals surface area contributed by atoms with Gasteiger partial charge in [-0.1, -0.05) is 12.1 Å². The Hall–Kier alpha value is -2.21. The van der Waals surface area contributed by atoms with E-state index < -0.39 is 0 Å². The molecule has 0 radical (unpaired) electrons. The number of aromatic amines is 1. The molecule has 2 saturated heterocycles. The van der Waals surface area contributed by atoms with E-state index >= 15 is 0 Å². The van der Waals surface area contributed by atoms with Gasteiger partial charge in [-0.3, -0.25) is 9.89 Å². The Labute approximate surface area is 139 Å². The predicted octanol–water partition coefficient (Wildman–Crippen LogP) is 2.86. The number of likely N-dealkylation sites (tertiary alicyclic amines) is 1. The van der Waals surface area contributed by atoms with Crippen molar-refractivity contribution in [2.75, 3.05) is 26.3 Å². The van der Waals surface area contributed by atoms with Gasteiger partial charge in [-0.05, 0) is 37.5 Å². The maximum Gasteiger partial charge on any atom is 0.271 e. The molecule has 0 saturated carbocycles. The Morgan fingerprint density at radius 1 is 1.33 bits per heavy atom. The maximum atomic E-state index is 13.9. The molecule has 3 heterocycles. The summed E-state index contributed by atoms with van der Waals surface area (Å²) in [6.07, 6.45) is 3.11. The highest BCUT2D eigenvalue weighted by atomic mass is 19.1. The number of hydrogen-bond donors (Lipinski definition) is 1. The summed E-state index contributed by atoms with van der Waals surface area (Å²) >= 11 is 0. The average molecular weight is 329 g/mol. The van der Waals surface area contributed by atoms with Gasteiger partial charge >= 0.3 is 0 Å². The summed E-state index contributed by atoms with van der Waals surface area (Å²) in [5.74, 6) is -0.418. The summed E-state index contributed by atoms with van der Waals surface area (Å²) in [7, 11) is 0. The van der Waals surface area contributed by atoms with Crippen LogP contribution in [-0.2, 0) is 4.74 Å². The van der Waals surface area contributed by atoms with Crippen LogP contribution in [0.1, 0.15) is 29.8 Å². The van der Waals surface area contributed by atoms with Crippen molar-refractivity contribution in [2.24, 2.45) is 5.41 Å². The fourth-order valence-electron chi connectivity index (χ4n) is 3.76. The van der Waals surface area contributed by atoms with E-state index in [1.165, 1.54) is 6.07 Å². The van der Waals surface area contributed by atoms with E-state index in [1.54, 1.807) is 24.3 Å². The topological polar surface area (TPSA) is 58.2 Å². The summed E-state index contributed by atoms with van der Waals surface area (Å²) in [6, 6.07) is 8.07. The van der Waals surface area contributed by atoms with Crippen LogP contribution in [0, 0.1) is 11.2 Å². The zero-order valence-electron chi connectivity index (χ0n) is 13.4. The van der Waals surface area contributed by atoms with Crippen molar-refractivity contribution in [1.29, 1.82) is 0 Å². The monoisotopic (exact) mass is 329 g/mol. The van der Waals surface area contributed by atoms with Crippen LogP contribution in [0.4, 0.5) is 4.39 Å². The Morgan fingerprint density at radius 2 is 2.21 bits per heavy atom. The third-order valence-corrected chi connectivity index (χ3v) is 5.09. The van der Waals surface area contributed by atoms with Gasteiger partial charge in [0.25, 0.3) is 5.91 Å². The number of carbonyl (C=O) groups is 1. The minimum atomic E-state index is -0.344. The number of hydrogen-bond acceptors (Lipinski definition) is 3. The Bertz CT molecular complexity index is 752. The lowest BCUT2D eigenvalue weighted by Gasteiger charge is -2.39. The van der Waals surface area contributed by atoms with Crippen molar-refractivity contribution in [1.82, 2.24) is 15.1 Å². The fraction of sp³-hybridized carbons (Fsp3) is 0.444. The third-order valence-electron chi connectivity index (χ3n) is 5.09. The van der Waals surface area contributed by atoms with Gasteiger partial charge in [-0.2, -0.15) is 5.10 Å². The van der Waals surface area contributed by atoms with Crippen LogP contribution in [0.15, 0.2) is 30.3 Å². The molecular weight excluding hydrogens is 309 g/mol. The fourth-order valence-corrected chi connectivity index (χ4v) is 3.76. The number of ether oxygens (including phenoxy) is 1. The number of amides is 1. The number of aromatic nitrogens is 2. The summed E-state index contributed by atoms with van der Waals surface area (Å²) < 4.78 is 19.4. The lowest BCUT2D eigenvalue weighted by molar-refractivity contribution is 0.0457. The first-order chi connectivity index (χ1) is 11.7. The lowest BCUT2D eigenvalue weighted by Crippen LogP contribution is -2.46. The molecule has 1 atom stereocenters. The highest BCUT2D eigenvalue weighted by Crippen LogP contribution is 2.38. The van der Waals surface area contributed by atoms with Gasteiger partial charge in [-0.25, -0.2) is 4.39 Å². The van der Waals surface area contributed by atoms with E-state index in [-0.39, 0.29) is 17.1 Å². The summed E-state index contributed by atoms with van der Waals surface area (Å²) in [4.78, 5) is 14.7. The van der Waals surface area contributed by atoms with Crippen molar-refractivity contribution in [3.63, 3.8) is 0 Å². The lowest BCUT2D eigenvalue weighted by atomic mass is 9.79. The Morgan fingerprint density at radius 3 is 3.00 bits per heavy atom.